The van der Waals surface area contributed by atoms with Crippen LogP contribution in [0, 0.1) is 5.92 Å². The second-order valence-electron chi connectivity index (χ2n) is 6.37. The van der Waals surface area contributed by atoms with Crippen LogP contribution in [-0.4, -0.2) is 50.4 Å². The summed E-state index contributed by atoms with van der Waals surface area (Å²) in [6.45, 7) is 2.98. The number of aromatic amines is 1. The van der Waals surface area contributed by atoms with Crippen molar-refractivity contribution in [2.24, 2.45) is 5.92 Å². The molecule has 0 bridgehead atoms. The molecule has 0 spiro atoms. The number of benzene rings is 1. The molecule has 0 saturated carbocycles. The van der Waals surface area contributed by atoms with Crippen LogP contribution in [0.1, 0.15) is 35.8 Å². The molecular weight excluding hydrogens is 308 g/mol. The van der Waals surface area contributed by atoms with Gasteiger partial charge in [-0.15, -0.1) is 10.2 Å². The van der Waals surface area contributed by atoms with Gasteiger partial charge in [-0.2, -0.15) is 5.21 Å². The molecule has 8 heteroatoms. The Balaban J connectivity index is 1.57. The van der Waals surface area contributed by atoms with Gasteiger partial charge >= 0.3 is 0 Å². The van der Waals surface area contributed by atoms with Gasteiger partial charge in [0.1, 0.15) is 0 Å². The van der Waals surface area contributed by atoms with E-state index < -0.39 is 0 Å². The van der Waals surface area contributed by atoms with Crippen LogP contribution in [0.4, 0.5) is 0 Å². The first-order valence-electron chi connectivity index (χ1n) is 7.99. The normalized spacial score (nSPS) is 24.5. The van der Waals surface area contributed by atoms with Crippen molar-refractivity contribution in [1.29, 1.82) is 0 Å². The van der Waals surface area contributed by atoms with E-state index in [2.05, 4.69) is 38.1 Å². The lowest BCUT2D eigenvalue weighted by molar-refractivity contribution is -0.128. The first-order valence-corrected chi connectivity index (χ1v) is 7.99. The van der Waals surface area contributed by atoms with Gasteiger partial charge in [-0.25, -0.2) is 0 Å². The predicted molar refractivity (Wildman–Crippen MR) is 83.7 cm³/mol. The first kappa shape index (κ1) is 14.8. The standard InChI is InChI=1S/C16H18N6O2/c1-9(23)22-7-12-10-4-2-3-5-11(10)16(13(12)8-22)17-15(24)6-14-18-20-21-19-14/h2-5,12-13,16H,6-8H2,1H3,(H,17,24)(H,18,19,20,21)/t12-,13-,16+/m0/s1. The van der Waals surface area contributed by atoms with Crippen LogP contribution in [0.25, 0.3) is 0 Å². The Morgan fingerprint density at radius 3 is 2.79 bits per heavy atom. The number of aromatic nitrogens is 4. The van der Waals surface area contributed by atoms with Crippen molar-refractivity contribution in [3.63, 3.8) is 0 Å². The summed E-state index contributed by atoms with van der Waals surface area (Å²) in [5.41, 5.74) is 2.38. The number of hydrogen-bond donors (Lipinski definition) is 2. The number of carbonyl (C=O) groups is 2. The molecule has 8 nitrogen and oxygen atoms in total. The van der Waals surface area contributed by atoms with E-state index in [1.165, 1.54) is 5.56 Å². The summed E-state index contributed by atoms with van der Waals surface area (Å²) < 4.78 is 0. The summed E-state index contributed by atoms with van der Waals surface area (Å²) in [7, 11) is 0. The lowest BCUT2D eigenvalue weighted by Gasteiger charge is -2.22. The van der Waals surface area contributed by atoms with Gasteiger partial charge in [0.15, 0.2) is 5.82 Å². The molecule has 1 fully saturated rings. The van der Waals surface area contributed by atoms with E-state index >= 15 is 0 Å². The molecule has 1 aliphatic carbocycles. The third-order valence-corrected chi connectivity index (χ3v) is 4.99. The molecular formula is C16H18N6O2. The number of hydrogen-bond acceptors (Lipinski definition) is 5. The summed E-state index contributed by atoms with van der Waals surface area (Å²) in [4.78, 5) is 26.0. The van der Waals surface area contributed by atoms with Gasteiger partial charge in [0, 0.05) is 31.8 Å². The first-order chi connectivity index (χ1) is 11.6. The number of nitrogens with zero attached hydrogens (tertiary/aromatic N) is 4. The Labute approximate surface area is 138 Å². The summed E-state index contributed by atoms with van der Waals surface area (Å²) in [6.07, 6.45) is 0.0863. The highest BCUT2D eigenvalue weighted by molar-refractivity contribution is 5.79. The SMILES string of the molecule is CC(=O)N1C[C@@H]2[C@H](NC(=O)Cc3nn[nH]n3)c3ccccc3[C@@H]2C1. The number of nitrogens with one attached hydrogen (secondary N) is 2. The van der Waals surface area contributed by atoms with E-state index in [0.29, 0.717) is 18.9 Å². The molecule has 2 aliphatic rings. The molecule has 4 rings (SSSR count). The van der Waals surface area contributed by atoms with Gasteiger partial charge in [0.2, 0.25) is 11.8 Å². The van der Waals surface area contributed by atoms with Gasteiger partial charge in [-0.05, 0) is 11.1 Å². The molecule has 0 unspecified atom stereocenters. The van der Waals surface area contributed by atoms with Gasteiger partial charge in [-0.1, -0.05) is 29.5 Å². The smallest absolute Gasteiger partial charge is 0.228 e. The van der Waals surface area contributed by atoms with Crippen LogP contribution in [0.3, 0.4) is 0 Å². The fourth-order valence-electron chi connectivity index (χ4n) is 3.93. The topological polar surface area (TPSA) is 104 Å². The highest BCUT2D eigenvalue weighted by atomic mass is 16.2. The van der Waals surface area contributed by atoms with Crippen LogP contribution < -0.4 is 5.32 Å². The van der Waals surface area contributed by atoms with Gasteiger partial charge < -0.3 is 10.2 Å². The maximum absolute atomic E-state index is 12.4. The van der Waals surface area contributed by atoms with Crippen molar-refractivity contribution in [1.82, 2.24) is 30.8 Å². The fourth-order valence-corrected chi connectivity index (χ4v) is 3.93. The van der Waals surface area contributed by atoms with E-state index in [1.54, 1.807) is 6.92 Å². The lowest BCUT2D eigenvalue weighted by Crippen LogP contribution is -2.35. The fraction of sp³-hybridized carbons (Fsp3) is 0.438. The number of tetrazole rings is 1. The third-order valence-electron chi connectivity index (χ3n) is 4.99. The highest BCUT2D eigenvalue weighted by Gasteiger charge is 2.47. The minimum absolute atomic E-state index is 0.0822. The lowest BCUT2D eigenvalue weighted by atomic mass is 9.94. The minimum atomic E-state index is -0.141. The maximum atomic E-state index is 12.4. The second kappa shape index (κ2) is 5.70. The number of fused-ring (bicyclic) bond motifs is 3. The average Bonchev–Trinajstić information content (AvgIpc) is 3.26. The molecule has 3 atom stereocenters. The van der Waals surface area contributed by atoms with Crippen LogP contribution in [-0.2, 0) is 16.0 Å². The summed E-state index contributed by atoms with van der Waals surface area (Å²) in [5.74, 6) is 0.796. The molecule has 1 saturated heterocycles. The second-order valence-corrected chi connectivity index (χ2v) is 6.37. The Bertz CT molecular complexity index is 775. The third kappa shape index (κ3) is 2.44. The Kier molecular flexibility index (Phi) is 3.51. The molecule has 1 aromatic heterocycles. The molecule has 2 heterocycles. The zero-order valence-electron chi connectivity index (χ0n) is 13.3. The Morgan fingerprint density at radius 1 is 1.29 bits per heavy atom. The minimum Gasteiger partial charge on any atom is -0.349 e. The molecule has 1 aliphatic heterocycles. The zero-order valence-corrected chi connectivity index (χ0v) is 13.3. The van der Waals surface area contributed by atoms with Crippen molar-refractivity contribution >= 4 is 11.8 Å². The van der Waals surface area contributed by atoms with Crippen LogP contribution >= 0.6 is 0 Å². The largest absolute Gasteiger partial charge is 0.349 e. The zero-order chi connectivity index (χ0) is 16.7. The van der Waals surface area contributed by atoms with Crippen molar-refractivity contribution in [3.05, 3.63) is 41.2 Å². The molecule has 24 heavy (non-hydrogen) atoms. The highest BCUT2D eigenvalue weighted by Crippen LogP contribution is 2.49. The number of rotatable bonds is 3. The number of H-pyrrole nitrogens is 1. The molecule has 2 N–H and O–H groups in total. The average molecular weight is 326 g/mol. The van der Waals surface area contributed by atoms with Crippen molar-refractivity contribution in [3.8, 4) is 0 Å². The van der Waals surface area contributed by atoms with E-state index in [1.807, 2.05) is 17.0 Å². The van der Waals surface area contributed by atoms with Crippen molar-refractivity contribution in [2.45, 2.75) is 25.3 Å². The van der Waals surface area contributed by atoms with Gasteiger partial charge in [0.25, 0.3) is 0 Å². The monoisotopic (exact) mass is 326 g/mol. The van der Waals surface area contributed by atoms with E-state index in [-0.39, 0.29) is 36.1 Å². The maximum Gasteiger partial charge on any atom is 0.228 e. The number of likely N-dealkylation sites (tertiary alicyclic amines) is 1. The molecule has 124 valence electrons. The van der Waals surface area contributed by atoms with Crippen LogP contribution in [0.15, 0.2) is 24.3 Å². The van der Waals surface area contributed by atoms with E-state index in [0.717, 1.165) is 5.56 Å². The molecule has 2 aromatic rings. The number of carbonyl (C=O) groups excluding carboxylic acids is 2. The summed E-state index contributed by atoms with van der Waals surface area (Å²) in [6, 6.07) is 8.07. The molecule has 0 radical (unpaired) electrons. The quantitative estimate of drug-likeness (QED) is 0.837. The van der Waals surface area contributed by atoms with E-state index in [9.17, 15) is 9.59 Å². The van der Waals surface area contributed by atoms with Crippen molar-refractivity contribution < 1.29 is 9.59 Å². The summed E-state index contributed by atoms with van der Waals surface area (Å²) >= 11 is 0. The van der Waals surface area contributed by atoms with Crippen LogP contribution in [0.2, 0.25) is 0 Å². The number of amides is 2. The summed E-state index contributed by atoms with van der Waals surface area (Å²) in [5, 5.41) is 16.5. The van der Waals surface area contributed by atoms with Crippen molar-refractivity contribution in [2.75, 3.05) is 13.1 Å². The Hall–Kier alpha value is -2.77. The Morgan fingerprint density at radius 2 is 2.08 bits per heavy atom. The van der Waals surface area contributed by atoms with Gasteiger partial charge in [-0.3, -0.25) is 9.59 Å². The predicted octanol–water partition coefficient (Wildman–Crippen LogP) is 0.175. The van der Waals surface area contributed by atoms with Gasteiger partial charge in [0.05, 0.1) is 12.5 Å². The van der Waals surface area contributed by atoms with E-state index in [4.69, 9.17) is 0 Å². The van der Waals surface area contributed by atoms with Crippen LogP contribution in [0.5, 0.6) is 0 Å². The molecule has 2 amide bonds. The molecule has 1 aromatic carbocycles.